The highest BCUT2D eigenvalue weighted by molar-refractivity contribution is 5.40. The summed E-state index contributed by atoms with van der Waals surface area (Å²) in [7, 11) is 0. The highest BCUT2D eigenvalue weighted by Crippen LogP contribution is 2.22. The van der Waals surface area contributed by atoms with E-state index < -0.39 is 0 Å². The van der Waals surface area contributed by atoms with Crippen molar-refractivity contribution in [1.29, 1.82) is 0 Å². The molecule has 0 bridgehead atoms. The van der Waals surface area contributed by atoms with E-state index in [9.17, 15) is 0 Å². The molecule has 2 N–H and O–H groups in total. The topological polar surface area (TPSA) is 64.9 Å². The van der Waals surface area contributed by atoms with Gasteiger partial charge in [-0.25, -0.2) is 0 Å². The summed E-state index contributed by atoms with van der Waals surface area (Å²) in [5.41, 5.74) is 7.89. The Morgan fingerprint density at radius 3 is 2.45 bits per heavy atom. The van der Waals surface area contributed by atoms with Gasteiger partial charge in [0.1, 0.15) is 0 Å². The normalized spacial score (nSPS) is 13.4. The Labute approximate surface area is 120 Å². The first-order chi connectivity index (χ1) is 9.33. The third-order valence-electron chi connectivity index (χ3n) is 3.18. The molecule has 0 saturated carbocycles. The zero-order valence-corrected chi connectivity index (χ0v) is 12.7. The first-order valence-electron chi connectivity index (χ1n) is 7.00. The van der Waals surface area contributed by atoms with Crippen LogP contribution in [0.15, 0.2) is 28.8 Å². The second kappa shape index (κ2) is 5.65. The van der Waals surface area contributed by atoms with Gasteiger partial charge in [0.15, 0.2) is 5.82 Å². The molecule has 0 fully saturated rings. The number of nitrogens with two attached hydrogens (primary N) is 1. The van der Waals surface area contributed by atoms with Crippen molar-refractivity contribution in [3.8, 4) is 0 Å². The van der Waals surface area contributed by atoms with Crippen molar-refractivity contribution in [3.05, 3.63) is 41.5 Å². The standard InChI is InChI=1S/C16H23N3O/c1-11(12-5-7-13(17)8-6-12)9-15-18-14(19-20-15)10-16(2,3)4/h5-8,11H,9-10,17H2,1-4H3. The van der Waals surface area contributed by atoms with Gasteiger partial charge in [-0.1, -0.05) is 45.0 Å². The van der Waals surface area contributed by atoms with Gasteiger partial charge < -0.3 is 10.3 Å². The predicted octanol–water partition coefficient (Wildman–Crippen LogP) is 3.59. The van der Waals surface area contributed by atoms with Gasteiger partial charge in [0, 0.05) is 18.5 Å². The number of anilines is 1. The summed E-state index contributed by atoms with van der Waals surface area (Å²) in [6, 6.07) is 7.94. The van der Waals surface area contributed by atoms with Gasteiger partial charge in [0.2, 0.25) is 5.89 Å². The maximum Gasteiger partial charge on any atom is 0.227 e. The second-order valence-electron chi connectivity index (χ2n) is 6.61. The van der Waals surface area contributed by atoms with Gasteiger partial charge in [0.05, 0.1) is 0 Å². The molecule has 1 aromatic heterocycles. The number of aromatic nitrogens is 2. The molecular formula is C16H23N3O. The molecule has 1 heterocycles. The Morgan fingerprint density at radius 1 is 1.20 bits per heavy atom. The molecule has 2 aromatic rings. The van der Waals surface area contributed by atoms with E-state index in [1.165, 1.54) is 5.56 Å². The minimum absolute atomic E-state index is 0.170. The predicted molar refractivity (Wildman–Crippen MR) is 80.4 cm³/mol. The molecule has 0 radical (unpaired) electrons. The van der Waals surface area contributed by atoms with E-state index in [4.69, 9.17) is 10.3 Å². The van der Waals surface area contributed by atoms with Crippen LogP contribution in [0.4, 0.5) is 5.69 Å². The molecular weight excluding hydrogens is 250 g/mol. The fourth-order valence-electron chi connectivity index (χ4n) is 2.12. The van der Waals surface area contributed by atoms with E-state index in [0.717, 1.165) is 24.4 Å². The van der Waals surface area contributed by atoms with Crippen LogP contribution in [0.1, 0.15) is 50.9 Å². The van der Waals surface area contributed by atoms with Gasteiger partial charge in [-0.15, -0.1) is 0 Å². The van der Waals surface area contributed by atoms with Crippen molar-refractivity contribution in [3.63, 3.8) is 0 Å². The van der Waals surface area contributed by atoms with Crippen LogP contribution >= 0.6 is 0 Å². The molecule has 108 valence electrons. The van der Waals surface area contributed by atoms with Crippen molar-refractivity contribution >= 4 is 5.69 Å². The Kier molecular flexibility index (Phi) is 4.12. The monoisotopic (exact) mass is 273 g/mol. The molecule has 0 spiro atoms. The van der Waals surface area contributed by atoms with Crippen molar-refractivity contribution < 1.29 is 4.52 Å². The van der Waals surface area contributed by atoms with Crippen LogP contribution in [0.25, 0.3) is 0 Å². The van der Waals surface area contributed by atoms with E-state index >= 15 is 0 Å². The summed E-state index contributed by atoms with van der Waals surface area (Å²) in [4.78, 5) is 4.48. The summed E-state index contributed by atoms with van der Waals surface area (Å²) in [6.07, 6.45) is 1.58. The van der Waals surface area contributed by atoms with E-state index in [1.807, 2.05) is 24.3 Å². The average Bonchev–Trinajstić information content (AvgIpc) is 2.74. The fraction of sp³-hybridized carbons (Fsp3) is 0.500. The van der Waals surface area contributed by atoms with Crippen LogP contribution in [-0.4, -0.2) is 10.1 Å². The number of hydrogen-bond donors (Lipinski definition) is 1. The lowest BCUT2D eigenvalue weighted by Crippen LogP contribution is -2.10. The fourth-order valence-corrected chi connectivity index (χ4v) is 2.12. The van der Waals surface area contributed by atoms with Gasteiger partial charge in [-0.05, 0) is 29.0 Å². The van der Waals surface area contributed by atoms with Crippen molar-refractivity contribution in [2.24, 2.45) is 5.41 Å². The lowest BCUT2D eigenvalue weighted by molar-refractivity contribution is 0.350. The Bertz CT molecular complexity index is 552. The molecule has 2 rings (SSSR count). The van der Waals surface area contributed by atoms with Crippen LogP contribution in [0.5, 0.6) is 0 Å². The van der Waals surface area contributed by atoms with Crippen LogP contribution < -0.4 is 5.73 Å². The van der Waals surface area contributed by atoms with E-state index in [-0.39, 0.29) is 5.41 Å². The minimum Gasteiger partial charge on any atom is -0.399 e. The average molecular weight is 273 g/mol. The van der Waals surface area contributed by atoms with Crippen molar-refractivity contribution in [2.75, 3.05) is 5.73 Å². The SMILES string of the molecule is CC(Cc1nc(CC(C)(C)C)no1)c1ccc(N)cc1. The minimum atomic E-state index is 0.170. The summed E-state index contributed by atoms with van der Waals surface area (Å²) >= 11 is 0. The largest absolute Gasteiger partial charge is 0.399 e. The Hall–Kier alpha value is -1.84. The van der Waals surface area contributed by atoms with Crippen molar-refractivity contribution in [1.82, 2.24) is 10.1 Å². The molecule has 0 aliphatic carbocycles. The lowest BCUT2D eigenvalue weighted by Gasteiger charge is -2.14. The zero-order chi connectivity index (χ0) is 14.8. The molecule has 0 amide bonds. The molecule has 20 heavy (non-hydrogen) atoms. The van der Waals surface area contributed by atoms with Gasteiger partial charge in [-0.2, -0.15) is 4.98 Å². The number of nitrogens with zero attached hydrogens (tertiary/aromatic N) is 2. The molecule has 0 saturated heterocycles. The van der Waals surface area contributed by atoms with Crippen LogP contribution in [0.3, 0.4) is 0 Å². The van der Waals surface area contributed by atoms with Gasteiger partial charge >= 0.3 is 0 Å². The van der Waals surface area contributed by atoms with E-state index in [2.05, 4.69) is 37.8 Å². The van der Waals surface area contributed by atoms with Gasteiger partial charge in [-0.3, -0.25) is 0 Å². The Morgan fingerprint density at radius 2 is 1.85 bits per heavy atom. The molecule has 1 aromatic carbocycles. The second-order valence-corrected chi connectivity index (χ2v) is 6.61. The molecule has 4 heteroatoms. The molecule has 1 unspecified atom stereocenters. The lowest BCUT2D eigenvalue weighted by atomic mass is 9.92. The highest BCUT2D eigenvalue weighted by atomic mass is 16.5. The molecule has 1 atom stereocenters. The van der Waals surface area contributed by atoms with Crippen LogP contribution in [0, 0.1) is 5.41 Å². The van der Waals surface area contributed by atoms with Crippen LogP contribution in [0.2, 0.25) is 0 Å². The van der Waals surface area contributed by atoms with E-state index in [1.54, 1.807) is 0 Å². The third kappa shape index (κ3) is 4.08. The third-order valence-corrected chi connectivity index (χ3v) is 3.18. The zero-order valence-electron chi connectivity index (χ0n) is 12.7. The van der Waals surface area contributed by atoms with Gasteiger partial charge in [0.25, 0.3) is 0 Å². The summed E-state index contributed by atoms with van der Waals surface area (Å²) in [5.74, 6) is 1.82. The molecule has 0 aliphatic rings. The number of hydrogen-bond acceptors (Lipinski definition) is 4. The van der Waals surface area contributed by atoms with Crippen molar-refractivity contribution in [2.45, 2.75) is 46.5 Å². The number of rotatable bonds is 4. The molecule has 4 nitrogen and oxygen atoms in total. The van der Waals surface area contributed by atoms with Crippen LogP contribution in [-0.2, 0) is 12.8 Å². The molecule has 0 aliphatic heterocycles. The number of nitrogen functional groups attached to an aromatic ring is 1. The quantitative estimate of drug-likeness (QED) is 0.865. The maximum atomic E-state index is 5.70. The summed E-state index contributed by atoms with van der Waals surface area (Å²) < 4.78 is 5.34. The summed E-state index contributed by atoms with van der Waals surface area (Å²) in [5, 5.41) is 4.06. The first kappa shape index (κ1) is 14.6. The summed E-state index contributed by atoms with van der Waals surface area (Å²) in [6.45, 7) is 8.65. The highest BCUT2D eigenvalue weighted by Gasteiger charge is 2.17. The number of benzene rings is 1. The van der Waals surface area contributed by atoms with E-state index in [0.29, 0.717) is 11.8 Å². The smallest absolute Gasteiger partial charge is 0.227 e. The first-order valence-corrected chi connectivity index (χ1v) is 7.00. The maximum absolute atomic E-state index is 5.70. The Balaban J connectivity index is 2.01.